The van der Waals surface area contributed by atoms with Crippen molar-refractivity contribution in [3.63, 3.8) is 0 Å². The van der Waals surface area contributed by atoms with Crippen LogP contribution in [-0.2, 0) is 0 Å². The fourth-order valence-electron chi connectivity index (χ4n) is 3.74. The predicted molar refractivity (Wildman–Crippen MR) is 89.1 cm³/mol. The largest absolute Gasteiger partial charge is 0.322 e. The Hall–Kier alpha value is -2.43. The van der Waals surface area contributed by atoms with Gasteiger partial charge in [0.25, 0.3) is 0 Å². The topological polar surface area (TPSA) is 58.1 Å². The van der Waals surface area contributed by atoms with Crippen LogP contribution in [0.4, 0.5) is 10.5 Å². The lowest BCUT2D eigenvalue weighted by Gasteiger charge is -2.52. The molecule has 0 spiro atoms. The molecule has 1 N–H and O–H groups in total. The molecule has 2 amide bonds. The highest BCUT2D eigenvalue weighted by Crippen LogP contribution is 2.38. The predicted octanol–water partition coefficient (Wildman–Crippen LogP) is 3.61. The van der Waals surface area contributed by atoms with Crippen LogP contribution in [0.15, 0.2) is 36.8 Å². The summed E-state index contributed by atoms with van der Waals surface area (Å²) in [6.45, 7) is 2.04. The molecule has 23 heavy (non-hydrogen) atoms. The monoisotopic (exact) mass is 308 g/mol. The number of aryl methyl sites for hydroxylation is 1. The Morgan fingerprint density at radius 3 is 2.78 bits per heavy atom. The Morgan fingerprint density at radius 2 is 2.09 bits per heavy atom. The molecule has 118 valence electrons. The summed E-state index contributed by atoms with van der Waals surface area (Å²) in [6.07, 6.45) is 9.79. The molecule has 2 atom stereocenters. The van der Waals surface area contributed by atoms with Gasteiger partial charge in [-0.25, -0.2) is 4.79 Å². The van der Waals surface area contributed by atoms with E-state index in [0.29, 0.717) is 12.1 Å². The molecule has 2 bridgehead atoms. The van der Waals surface area contributed by atoms with Gasteiger partial charge in [0.2, 0.25) is 0 Å². The number of benzene rings is 1. The first-order valence-electron chi connectivity index (χ1n) is 8.19. The fourth-order valence-corrected chi connectivity index (χ4v) is 3.74. The summed E-state index contributed by atoms with van der Waals surface area (Å²) < 4.78 is 0. The number of anilines is 1. The van der Waals surface area contributed by atoms with Crippen LogP contribution < -0.4 is 5.32 Å². The zero-order valence-electron chi connectivity index (χ0n) is 13.2. The molecule has 5 nitrogen and oxygen atoms in total. The summed E-state index contributed by atoms with van der Waals surface area (Å²) in [5.41, 5.74) is 3.75. The second kappa shape index (κ2) is 5.65. The molecule has 2 aliphatic heterocycles. The zero-order valence-corrected chi connectivity index (χ0v) is 13.2. The molecular formula is C18H20N4O. The average Bonchev–Trinajstić information content (AvgIpc) is 2.58. The molecule has 2 unspecified atom stereocenters. The minimum Gasteiger partial charge on any atom is -0.318 e. The zero-order chi connectivity index (χ0) is 15.8. The van der Waals surface area contributed by atoms with Gasteiger partial charge in [-0.15, -0.1) is 0 Å². The molecule has 2 aromatic rings. The van der Waals surface area contributed by atoms with E-state index in [9.17, 15) is 4.79 Å². The lowest BCUT2D eigenvalue weighted by atomic mass is 9.80. The van der Waals surface area contributed by atoms with Crippen molar-refractivity contribution in [2.24, 2.45) is 0 Å². The summed E-state index contributed by atoms with van der Waals surface area (Å²) in [5, 5.41) is 3.05. The maximum absolute atomic E-state index is 12.5. The number of carbonyl (C=O) groups is 1. The van der Waals surface area contributed by atoms with Crippen LogP contribution in [0.1, 0.15) is 31.2 Å². The third kappa shape index (κ3) is 2.56. The number of nitrogens with zero attached hydrogens (tertiary/aromatic N) is 3. The number of nitrogens with one attached hydrogen (secondary N) is 1. The number of carbonyl (C=O) groups excluding carboxylic acids is 1. The van der Waals surface area contributed by atoms with Crippen LogP contribution in [0.5, 0.6) is 0 Å². The molecule has 3 heterocycles. The molecule has 4 rings (SSSR count). The molecular weight excluding hydrogens is 288 g/mol. The van der Waals surface area contributed by atoms with Crippen molar-refractivity contribution >= 4 is 11.7 Å². The van der Waals surface area contributed by atoms with Crippen molar-refractivity contribution < 1.29 is 4.79 Å². The van der Waals surface area contributed by atoms with Crippen LogP contribution in [0.3, 0.4) is 0 Å². The quantitative estimate of drug-likeness (QED) is 0.922. The summed E-state index contributed by atoms with van der Waals surface area (Å²) in [6, 6.07) is 6.85. The maximum atomic E-state index is 12.5. The van der Waals surface area contributed by atoms with Crippen LogP contribution in [0, 0.1) is 6.92 Å². The van der Waals surface area contributed by atoms with E-state index < -0.39 is 0 Å². The van der Waals surface area contributed by atoms with Gasteiger partial charge < -0.3 is 10.2 Å². The molecule has 2 aliphatic rings. The molecule has 0 aliphatic carbocycles. The standard InChI is InChI=1S/C18H20N4O/c1-12-5-6-13(9-16(12)17-11-19-7-8-20-17)21-18(23)22-14-3-2-4-15(22)10-14/h5-9,11,14-15H,2-4,10H2,1H3,(H,21,23). The third-order valence-electron chi connectivity index (χ3n) is 4.97. The van der Waals surface area contributed by atoms with Gasteiger partial charge in [-0.05, 0) is 50.3 Å². The molecule has 5 heteroatoms. The summed E-state index contributed by atoms with van der Waals surface area (Å²) in [7, 11) is 0. The lowest BCUT2D eigenvalue weighted by molar-refractivity contribution is 0.0173. The van der Waals surface area contributed by atoms with Crippen molar-refractivity contribution in [1.29, 1.82) is 0 Å². The molecule has 1 aromatic carbocycles. The number of amides is 2. The summed E-state index contributed by atoms with van der Waals surface area (Å²) >= 11 is 0. The summed E-state index contributed by atoms with van der Waals surface area (Å²) in [5.74, 6) is 0. The van der Waals surface area contributed by atoms with Crippen LogP contribution in [0.2, 0.25) is 0 Å². The lowest BCUT2D eigenvalue weighted by Crippen LogP contribution is -2.62. The van der Waals surface area contributed by atoms with E-state index in [2.05, 4.69) is 15.3 Å². The van der Waals surface area contributed by atoms with Crippen LogP contribution in [0.25, 0.3) is 11.3 Å². The number of urea groups is 1. The van der Waals surface area contributed by atoms with Crippen molar-refractivity contribution in [1.82, 2.24) is 14.9 Å². The van der Waals surface area contributed by atoms with E-state index in [4.69, 9.17) is 0 Å². The van der Waals surface area contributed by atoms with Gasteiger partial charge in [-0.3, -0.25) is 9.97 Å². The van der Waals surface area contributed by atoms with E-state index in [1.165, 1.54) is 12.8 Å². The molecule has 0 radical (unpaired) electrons. The highest BCUT2D eigenvalue weighted by atomic mass is 16.2. The average molecular weight is 308 g/mol. The Bertz CT molecular complexity index is 717. The van der Waals surface area contributed by atoms with E-state index in [0.717, 1.165) is 35.3 Å². The number of hydrogen-bond donors (Lipinski definition) is 1. The van der Waals surface area contributed by atoms with Crippen molar-refractivity contribution in [3.8, 4) is 11.3 Å². The Labute approximate surface area is 135 Å². The van der Waals surface area contributed by atoms with Gasteiger partial charge in [0, 0.05) is 35.7 Å². The van der Waals surface area contributed by atoms with Gasteiger partial charge in [-0.2, -0.15) is 0 Å². The maximum Gasteiger partial charge on any atom is 0.322 e. The Morgan fingerprint density at radius 1 is 1.26 bits per heavy atom. The molecule has 0 saturated carbocycles. The highest BCUT2D eigenvalue weighted by Gasteiger charge is 2.44. The first-order valence-corrected chi connectivity index (χ1v) is 8.19. The van der Waals surface area contributed by atoms with Crippen molar-refractivity contribution in [2.45, 2.75) is 44.7 Å². The van der Waals surface area contributed by atoms with E-state index in [-0.39, 0.29) is 6.03 Å². The van der Waals surface area contributed by atoms with Gasteiger partial charge in [0.05, 0.1) is 11.9 Å². The van der Waals surface area contributed by atoms with Crippen LogP contribution in [-0.4, -0.2) is 33.0 Å². The van der Waals surface area contributed by atoms with Gasteiger partial charge >= 0.3 is 6.03 Å². The van der Waals surface area contributed by atoms with Gasteiger partial charge in [0.15, 0.2) is 0 Å². The van der Waals surface area contributed by atoms with Crippen LogP contribution >= 0.6 is 0 Å². The van der Waals surface area contributed by atoms with E-state index >= 15 is 0 Å². The van der Waals surface area contributed by atoms with Crippen molar-refractivity contribution in [3.05, 3.63) is 42.4 Å². The Balaban J connectivity index is 1.55. The van der Waals surface area contributed by atoms with Crippen molar-refractivity contribution in [2.75, 3.05) is 5.32 Å². The highest BCUT2D eigenvalue weighted by molar-refractivity contribution is 5.91. The van der Waals surface area contributed by atoms with E-state index in [1.807, 2.05) is 30.0 Å². The number of fused-ring (bicyclic) bond motifs is 2. The first kappa shape index (κ1) is 14.2. The minimum atomic E-state index is 0.0277. The number of aromatic nitrogens is 2. The van der Waals surface area contributed by atoms with E-state index in [1.54, 1.807) is 18.6 Å². The second-order valence-electron chi connectivity index (χ2n) is 6.43. The van der Waals surface area contributed by atoms with Gasteiger partial charge in [0.1, 0.15) is 0 Å². The fraction of sp³-hybridized carbons (Fsp3) is 0.389. The van der Waals surface area contributed by atoms with Gasteiger partial charge in [-0.1, -0.05) is 6.07 Å². The summed E-state index contributed by atoms with van der Waals surface area (Å²) in [4.78, 5) is 23.0. The third-order valence-corrected chi connectivity index (χ3v) is 4.97. The molecule has 1 aromatic heterocycles. The first-order chi connectivity index (χ1) is 11.2. The number of piperidine rings is 1. The number of rotatable bonds is 2. The molecule has 2 fully saturated rings. The molecule has 2 saturated heterocycles. The smallest absolute Gasteiger partial charge is 0.318 e. The normalized spacial score (nSPS) is 22.4. The minimum absolute atomic E-state index is 0.0277. The Kier molecular flexibility index (Phi) is 3.48. The SMILES string of the molecule is Cc1ccc(NC(=O)N2C3CCCC2C3)cc1-c1cnccn1. The second-order valence-corrected chi connectivity index (χ2v) is 6.43. The number of hydrogen-bond acceptors (Lipinski definition) is 3.